The van der Waals surface area contributed by atoms with Crippen LogP contribution in [-0.4, -0.2) is 36.7 Å². The molecule has 214 valence electrons. The molecule has 3 heterocycles. The molecule has 3 aromatic rings. The molecule has 5 rings (SSSR count). The summed E-state index contributed by atoms with van der Waals surface area (Å²) >= 11 is 7.60. The monoisotopic (exact) mass is 593 g/mol. The van der Waals surface area contributed by atoms with E-state index in [2.05, 4.69) is 6.92 Å². The molecule has 2 aliphatic rings. The fraction of sp³-hybridized carbons (Fsp3) is 0.355. The van der Waals surface area contributed by atoms with E-state index in [1.54, 1.807) is 30.0 Å². The van der Waals surface area contributed by atoms with Crippen LogP contribution in [0.25, 0.3) is 5.57 Å². The fourth-order valence-electron chi connectivity index (χ4n) is 5.42. The van der Waals surface area contributed by atoms with Gasteiger partial charge in [-0.25, -0.2) is 9.79 Å². The molecule has 41 heavy (non-hydrogen) atoms. The van der Waals surface area contributed by atoms with Gasteiger partial charge in [0.25, 0.3) is 11.5 Å². The number of fused-ring (bicyclic) bond motifs is 2. The second kappa shape index (κ2) is 12.0. The Labute approximate surface area is 247 Å². The van der Waals surface area contributed by atoms with E-state index in [1.165, 1.54) is 11.7 Å². The van der Waals surface area contributed by atoms with Crippen molar-refractivity contribution in [2.75, 3.05) is 25.2 Å². The zero-order valence-electron chi connectivity index (χ0n) is 23.5. The van der Waals surface area contributed by atoms with Crippen LogP contribution in [0.3, 0.4) is 0 Å². The van der Waals surface area contributed by atoms with Crippen LogP contribution >= 0.6 is 22.9 Å². The molecule has 8 nitrogen and oxygen atoms in total. The zero-order valence-corrected chi connectivity index (χ0v) is 25.1. The van der Waals surface area contributed by atoms with Crippen molar-refractivity contribution in [2.24, 2.45) is 4.99 Å². The molecule has 10 heteroatoms. The average Bonchev–Trinajstić information content (AvgIpc) is 3.43. The van der Waals surface area contributed by atoms with E-state index in [-0.39, 0.29) is 22.6 Å². The number of anilines is 1. The highest BCUT2D eigenvalue weighted by molar-refractivity contribution is 7.07. The normalized spacial score (nSPS) is 17.3. The summed E-state index contributed by atoms with van der Waals surface area (Å²) < 4.78 is 12.9. The summed E-state index contributed by atoms with van der Waals surface area (Å²) in [6.45, 7) is 6.53. The summed E-state index contributed by atoms with van der Waals surface area (Å²) in [7, 11) is 1.53. The second-order valence-corrected chi connectivity index (χ2v) is 11.2. The molecule has 1 amide bonds. The molecule has 1 aromatic heterocycles. The summed E-state index contributed by atoms with van der Waals surface area (Å²) in [5.41, 5.74) is 2.79. The summed E-state index contributed by atoms with van der Waals surface area (Å²) in [6, 6.07) is 11.7. The van der Waals surface area contributed by atoms with Crippen LogP contribution in [0.4, 0.5) is 5.69 Å². The third kappa shape index (κ3) is 5.02. The first kappa shape index (κ1) is 28.8. The van der Waals surface area contributed by atoms with Crippen LogP contribution in [-0.2, 0) is 14.3 Å². The third-order valence-electron chi connectivity index (χ3n) is 7.24. The lowest BCUT2D eigenvalue weighted by Gasteiger charge is -2.27. The van der Waals surface area contributed by atoms with Gasteiger partial charge in [0.15, 0.2) is 4.80 Å². The van der Waals surface area contributed by atoms with E-state index in [0.29, 0.717) is 50.9 Å². The molecule has 0 fully saturated rings. The van der Waals surface area contributed by atoms with Gasteiger partial charge in [-0.3, -0.25) is 14.2 Å². The number of ether oxygens (including phenoxy) is 2. The average molecular weight is 594 g/mol. The molecular formula is C31H32ClN3O5S. The first-order valence-electron chi connectivity index (χ1n) is 13.8. The number of thiazole rings is 1. The van der Waals surface area contributed by atoms with Gasteiger partial charge in [-0.1, -0.05) is 67.8 Å². The van der Waals surface area contributed by atoms with Gasteiger partial charge >= 0.3 is 5.97 Å². The van der Waals surface area contributed by atoms with Gasteiger partial charge in [0, 0.05) is 22.7 Å². The lowest BCUT2D eigenvalue weighted by atomic mass is 9.93. The number of hydrogen-bond donors (Lipinski definition) is 0. The summed E-state index contributed by atoms with van der Waals surface area (Å²) in [4.78, 5) is 48.7. The lowest BCUT2D eigenvalue weighted by molar-refractivity contribution is -0.139. The number of carbonyl (C=O) groups excluding carboxylic acids is 2. The van der Waals surface area contributed by atoms with Crippen molar-refractivity contribution in [3.8, 4) is 5.75 Å². The Morgan fingerprint density at radius 2 is 1.88 bits per heavy atom. The number of para-hydroxylation sites is 1. The van der Waals surface area contributed by atoms with Crippen LogP contribution in [0, 0.1) is 0 Å². The van der Waals surface area contributed by atoms with E-state index >= 15 is 0 Å². The Hall–Kier alpha value is -3.69. The molecule has 2 aromatic carbocycles. The van der Waals surface area contributed by atoms with Crippen molar-refractivity contribution in [1.82, 2.24) is 4.57 Å². The quantitative estimate of drug-likeness (QED) is 0.334. The number of methoxy groups -OCH3 is 1. The summed E-state index contributed by atoms with van der Waals surface area (Å²) in [5.74, 6) is -0.303. The Morgan fingerprint density at radius 3 is 2.59 bits per heavy atom. The Kier molecular flexibility index (Phi) is 8.47. The minimum absolute atomic E-state index is 0.161. The standard InChI is InChI=1S/C31H32ClN3O5S/c1-5-8-16-34-22-13-10-9-12-19(22)24(28(34)36)27-29(37)35-26(20-17-18(32)14-15-23(20)39-4)25(30(38)40-7-3)21(11-6-2)33-31(35)41-27/h9-10,12-15,17,26H,5-8,11,16H2,1-4H3/b27-24-/t26-/m1/s1. The summed E-state index contributed by atoms with van der Waals surface area (Å²) in [5, 5.41) is 0.425. The number of nitrogens with zero attached hydrogens (tertiary/aromatic N) is 3. The van der Waals surface area contributed by atoms with E-state index in [9.17, 15) is 14.4 Å². The highest BCUT2D eigenvalue weighted by atomic mass is 35.5. The molecule has 0 N–H and O–H groups in total. The van der Waals surface area contributed by atoms with Crippen molar-refractivity contribution in [3.63, 3.8) is 0 Å². The fourth-order valence-corrected chi connectivity index (χ4v) is 6.71. The maximum absolute atomic E-state index is 14.4. The minimum atomic E-state index is -0.905. The van der Waals surface area contributed by atoms with Crippen LogP contribution in [0.15, 0.2) is 63.5 Å². The van der Waals surface area contributed by atoms with Gasteiger partial charge in [-0.15, -0.1) is 0 Å². The molecule has 0 spiro atoms. The van der Waals surface area contributed by atoms with Gasteiger partial charge in [0.05, 0.1) is 36.2 Å². The van der Waals surface area contributed by atoms with Gasteiger partial charge < -0.3 is 14.4 Å². The molecule has 0 saturated carbocycles. The molecule has 0 bridgehead atoms. The number of carbonyl (C=O) groups is 2. The number of unbranched alkanes of at least 4 members (excludes halogenated alkanes) is 1. The highest BCUT2D eigenvalue weighted by Gasteiger charge is 2.38. The molecule has 0 saturated heterocycles. The lowest BCUT2D eigenvalue weighted by Crippen LogP contribution is -2.41. The largest absolute Gasteiger partial charge is 0.496 e. The maximum Gasteiger partial charge on any atom is 0.338 e. The van der Waals surface area contributed by atoms with Gasteiger partial charge in [0.1, 0.15) is 16.3 Å². The third-order valence-corrected chi connectivity index (χ3v) is 8.53. The number of aromatic nitrogens is 1. The molecule has 1 atom stereocenters. The maximum atomic E-state index is 14.4. The molecule has 0 unspecified atom stereocenters. The number of benzene rings is 2. The number of allylic oxidation sites excluding steroid dienone is 1. The van der Waals surface area contributed by atoms with E-state index in [4.69, 9.17) is 26.1 Å². The van der Waals surface area contributed by atoms with Crippen molar-refractivity contribution < 1.29 is 19.1 Å². The number of esters is 1. The van der Waals surface area contributed by atoms with Gasteiger partial charge in [-0.05, 0) is 44.0 Å². The molecule has 0 aliphatic carbocycles. The number of amides is 1. The molecular weight excluding hydrogens is 562 g/mol. The van der Waals surface area contributed by atoms with Crippen molar-refractivity contribution >= 4 is 46.1 Å². The topological polar surface area (TPSA) is 90.2 Å². The molecule has 2 aliphatic heterocycles. The van der Waals surface area contributed by atoms with E-state index in [0.717, 1.165) is 36.3 Å². The van der Waals surface area contributed by atoms with Crippen molar-refractivity contribution in [2.45, 2.75) is 52.5 Å². The second-order valence-electron chi connectivity index (χ2n) is 9.82. The van der Waals surface area contributed by atoms with Crippen LogP contribution in [0.1, 0.15) is 63.6 Å². The Balaban J connectivity index is 1.85. The highest BCUT2D eigenvalue weighted by Crippen LogP contribution is 2.39. The van der Waals surface area contributed by atoms with Gasteiger partial charge in [0.2, 0.25) is 0 Å². The summed E-state index contributed by atoms with van der Waals surface area (Å²) in [6.07, 6.45) is 2.99. The zero-order chi connectivity index (χ0) is 29.3. The number of rotatable bonds is 9. The number of hydrogen-bond acceptors (Lipinski definition) is 7. The Bertz CT molecular complexity index is 1740. The van der Waals surface area contributed by atoms with Crippen LogP contribution < -0.4 is 24.5 Å². The molecule has 0 radical (unpaired) electrons. The first-order chi connectivity index (χ1) is 19.9. The van der Waals surface area contributed by atoms with E-state index < -0.39 is 17.6 Å². The van der Waals surface area contributed by atoms with Crippen molar-refractivity contribution in [1.29, 1.82) is 0 Å². The smallest absolute Gasteiger partial charge is 0.338 e. The Morgan fingerprint density at radius 1 is 1.10 bits per heavy atom. The first-order valence-corrected chi connectivity index (χ1v) is 15.0. The SMILES string of the molecule is CCCCN1C(=O)/C(=c2\sc3n(c2=O)[C@H](c2cc(Cl)ccc2OC)C(C(=O)OCC)=C(CCC)N=3)c2ccccc21. The van der Waals surface area contributed by atoms with Crippen LogP contribution in [0.2, 0.25) is 5.02 Å². The minimum Gasteiger partial charge on any atom is -0.496 e. The predicted molar refractivity (Wildman–Crippen MR) is 160 cm³/mol. The van der Waals surface area contributed by atoms with Crippen LogP contribution in [0.5, 0.6) is 5.75 Å². The van der Waals surface area contributed by atoms with Crippen molar-refractivity contribution in [3.05, 3.63) is 89.6 Å². The predicted octanol–water partition coefficient (Wildman–Crippen LogP) is 4.76. The van der Waals surface area contributed by atoms with Gasteiger partial charge in [-0.2, -0.15) is 0 Å². The van der Waals surface area contributed by atoms with E-state index in [1.807, 2.05) is 31.2 Å². The number of halogens is 1.